The van der Waals surface area contributed by atoms with Crippen molar-refractivity contribution in [1.29, 1.82) is 0 Å². The van der Waals surface area contributed by atoms with E-state index < -0.39 is 0 Å². The quantitative estimate of drug-likeness (QED) is 0.719. The van der Waals surface area contributed by atoms with Gasteiger partial charge in [-0.1, -0.05) is 0 Å². The zero-order chi connectivity index (χ0) is 8.81. The van der Waals surface area contributed by atoms with Crippen molar-refractivity contribution in [3.05, 3.63) is 24.5 Å². The summed E-state index contributed by atoms with van der Waals surface area (Å²) in [4.78, 5) is 15.9. The first kappa shape index (κ1) is 11.9. The van der Waals surface area contributed by atoms with Crippen molar-refractivity contribution in [1.82, 2.24) is 4.98 Å². The number of amides is 1. The Morgan fingerprint density at radius 3 is 2.54 bits per heavy atom. The van der Waals surface area contributed by atoms with Gasteiger partial charge in [-0.15, -0.1) is 12.4 Å². The van der Waals surface area contributed by atoms with E-state index in [0.717, 1.165) is 12.1 Å². The Balaban J connectivity index is 0.00000144. The van der Waals surface area contributed by atoms with Crippen molar-refractivity contribution in [2.24, 2.45) is 5.73 Å². The van der Waals surface area contributed by atoms with Crippen molar-refractivity contribution < 1.29 is 4.79 Å². The monoisotopic (exact) mass is 201 g/mol. The molecule has 0 saturated heterocycles. The van der Waals surface area contributed by atoms with Crippen LogP contribution in [0.4, 0.5) is 5.69 Å². The molecule has 2 N–H and O–H groups in total. The van der Waals surface area contributed by atoms with Gasteiger partial charge in [0.1, 0.15) is 0 Å². The first-order valence-corrected chi connectivity index (χ1v) is 3.70. The number of hydrogen-bond acceptors (Lipinski definition) is 3. The number of nitrogens with two attached hydrogens (primary N) is 1. The van der Waals surface area contributed by atoms with Crippen LogP contribution in [0.3, 0.4) is 0 Å². The van der Waals surface area contributed by atoms with E-state index in [1.165, 1.54) is 0 Å². The Kier molecular flexibility index (Phi) is 5.84. The largest absolute Gasteiger partial charge is 0.329 e. The highest BCUT2D eigenvalue weighted by atomic mass is 35.5. The number of anilines is 1. The van der Waals surface area contributed by atoms with E-state index in [1.807, 2.05) is 0 Å². The van der Waals surface area contributed by atoms with Gasteiger partial charge in [-0.2, -0.15) is 0 Å². The fraction of sp³-hybridized carbons (Fsp3) is 0.250. The lowest BCUT2D eigenvalue weighted by molar-refractivity contribution is -0.107. The topological polar surface area (TPSA) is 59.2 Å². The second kappa shape index (κ2) is 6.39. The third-order valence-electron chi connectivity index (χ3n) is 1.49. The van der Waals surface area contributed by atoms with Gasteiger partial charge in [-0.25, -0.2) is 0 Å². The Labute approximate surface area is 83.2 Å². The number of hydrogen-bond donors (Lipinski definition) is 1. The maximum Gasteiger partial charge on any atom is 0.214 e. The highest BCUT2D eigenvalue weighted by Gasteiger charge is 2.01. The molecule has 0 radical (unpaired) electrons. The summed E-state index contributed by atoms with van der Waals surface area (Å²) in [5.74, 6) is 0. The van der Waals surface area contributed by atoms with Crippen LogP contribution in [0.5, 0.6) is 0 Å². The number of halogens is 1. The minimum atomic E-state index is 0. The lowest BCUT2D eigenvalue weighted by Crippen LogP contribution is -2.27. The molecule has 0 unspecified atom stereocenters. The molecule has 0 aliphatic carbocycles. The van der Waals surface area contributed by atoms with Gasteiger partial charge in [0.05, 0.1) is 0 Å². The first-order chi connectivity index (χ1) is 5.88. The normalized spacial score (nSPS) is 8.69. The average Bonchev–Trinajstić information content (AvgIpc) is 2.15. The molecule has 1 aromatic rings. The number of nitrogens with zero attached hydrogens (tertiary/aromatic N) is 2. The van der Waals surface area contributed by atoms with E-state index in [4.69, 9.17) is 5.73 Å². The molecule has 5 heteroatoms. The third kappa shape index (κ3) is 3.40. The van der Waals surface area contributed by atoms with Crippen molar-refractivity contribution >= 4 is 24.5 Å². The Morgan fingerprint density at radius 2 is 2.08 bits per heavy atom. The molecule has 0 spiro atoms. The second-order valence-electron chi connectivity index (χ2n) is 2.29. The summed E-state index contributed by atoms with van der Waals surface area (Å²) in [5.41, 5.74) is 6.15. The highest BCUT2D eigenvalue weighted by molar-refractivity contribution is 5.85. The summed E-state index contributed by atoms with van der Waals surface area (Å²) in [6.07, 6.45) is 4.05. The van der Waals surface area contributed by atoms with Crippen LogP contribution in [0.2, 0.25) is 0 Å². The number of aromatic nitrogens is 1. The van der Waals surface area contributed by atoms with E-state index in [0.29, 0.717) is 13.1 Å². The molecule has 0 atom stereocenters. The number of pyridine rings is 1. The number of carbonyl (C=O) groups is 1. The van der Waals surface area contributed by atoms with Gasteiger partial charge in [0.25, 0.3) is 0 Å². The van der Waals surface area contributed by atoms with E-state index in [1.54, 1.807) is 29.4 Å². The predicted molar refractivity (Wildman–Crippen MR) is 53.9 cm³/mol. The summed E-state index contributed by atoms with van der Waals surface area (Å²) in [6, 6.07) is 3.54. The molecule has 13 heavy (non-hydrogen) atoms. The molecule has 0 saturated carbocycles. The van der Waals surface area contributed by atoms with Gasteiger partial charge >= 0.3 is 0 Å². The number of carbonyl (C=O) groups excluding carboxylic acids is 1. The second-order valence-corrected chi connectivity index (χ2v) is 2.29. The molecule has 0 aromatic carbocycles. The molecule has 1 rings (SSSR count). The maximum atomic E-state index is 10.5. The Bertz CT molecular complexity index is 242. The molecular weight excluding hydrogens is 190 g/mol. The minimum absolute atomic E-state index is 0. The Hall–Kier alpha value is -1.13. The zero-order valence-corrected chi connectivity index (χ0v) is 7.91. The Morgan fingerprint density at radius 1 is 1.46 bits per heavy atom. The summed E-state index contributed by atoms with van der Waals surface area (Å²) in [5, 5.41) is 0. The van der Waals surface area contributed by atoms with E-state index in [9.17, 15) is 4.79 Å². The SMILES string of the molecule is Cl.NCCN(C=O)c1ccncc1. The van der Waals surface area contributed by atoms with Gasteiger partial charge in [0.2, 0.25) is 6.41 Å². The summed E-state index contributed by atoms with van der Waals surface area (Å²) < 4.78 is 0. The van der Waals surface area contributed by atoms with Crippen LogP contribution in [0.25, 0.3) is 0 Å². The fourth-order valence-electron chi connectivity index (χ4n) is 0.917. The van der Waals surface area contributed by atoms with Gasteiger partial charge in [-0.05, 0) is 12.1 Å². The average molecular weight is 202 g/mol. The molecule has 0 bridgehead atoms. The fourth-order valence-corrected chi connectivity index (χ4v) is 0.917. The molecule has 1 aromatic heterocycles. The smallest absolute Gasteiger partial charge is 0.214 e. The molecule has 0 aliphatic rings. The van der Waals surface area contributed by atoms with Gasteiger partial charge in [-0.3, -0.25) is 9.78 Å². The van der Waals surface area contributed by atoms with E-state index >= 15 is 0 Å². The molecule has 0 fully saturated rings. The summed E-state index contributed by atoms with van der Waals surface area (Å²) in [6.45, 7) is 0.995. The number of rotatable bonds is 4. The van der Waals surface area contributed by atoms with Crippen LogP contribution in [-0.4, -0.2) is 24.5 Å². The lowest BCUT2D eigenvalue weighted by atomic mass is 10.3. The van der Waals surface area contributed by atoms with Crippen molar-refractivity contribution in [3.8, 4) is 0 Å². The van der Waals surface area contributed by atoms with E-state index in [-0.39, 0.29) is 12.4 Å². The third-order valence-corrected chi connectivity index (χ3v) is 1.49. The van der Waals surface area contributed by atoms with Crippen LogP contribution in [-0.2, 0) is 4.79 Å². The molecule has 4 nitrogen and oxygen atoms in total. The molecular formula is C8H12ClN3O. The van der Waals surface area contributed by atoms with Crippen LogP contribution >= 0.6 is 12.4 Å². The first-order valence-electron chi connectivity index (χ1n) is 3.70. The van der Waals surface area contributed by atoms with Gasteiger partial charge in [0.15, 0.2) is 0 Å². The van der Waals surface area contributed by atoms with E-state index in [2.05, 4.69) is 4.98 Å². The molecule has 1 heterocycles. The predicted octanol–water partition coefficient (Wildman–Crippen LogP) is 0.425. The zero-order valence-electron chi connectivity index (χ0n) is 7.09. The van der Waals surface area contributed by atoms with Crippen molar-refractivity contribution in [2.75, 3.05) is 18.0 Å². The molecule has 0 aliphatic heterocycles. The maximum absolute atomic E-state index is 10.5. The van der Waals surface area contributed by atoms with Gasteiger partial charge < -0.3 is 10.6 Å². The van der Waals surface area contributed by atoms with Crippen molar-refractivity contribution in [3.63, 3.8) is 0 Å². The van der Waals surface area contributed by atoms with Crippen LogP contribution < -0.4 is 10.6 Å². The van der Waals surface area contributed by atoms with Crippen LogP contribution in [0.15, 0.2) is 24.5 Å². The molecule has 1 amide bonds. The summed E-state index contributed by atoms with van der Waals surface area (Å²) >= 11 is 0. The summed E-state index contributed by atoms with van der Waals surface area (Å²) in [7, 11) is 0. The van der Waals surface area contributed by atoms with Crippen LogP contribution in [0.1, 0.15) is 0 Å². The van der Waals surface area contributed by atoms with Crippen LogP contribution in [0, 0.1) is 0 Å². The minimum Gasteiger partial charge on any atom is -0.329 e. The molecule has 72 valence electrons. The highest BCUT2D eigenvalue weighted by Crippen LogP contribution is 2.08. The van der Waals surface area contributed by atoms with Gasteiger partial charge in [0, 0.05) is 31.2 Å². The standard InChI is InChI=1S/C8H11N3O.ClH/c9-3-6-11(7-12)8-1-4-10-5-2-8;/h1-2,4-5,7H,3,6,9H2;1H. The lowest BCUT2D eigenvalue weighted by Gasteiger charge is -2.15. The van der Waals surface area contributed by atoms with Crippen molar-refractivity contribution in [2.45, 2.75) is 0 Å².